The number of fused-ring (bicyclic) bond motifs is 1. The Hall–Kier alpha value is -3.08. The number of carbonyl (C=O) groups is 1. The monoisotopic (exact) mass is 361 g/mol. The van der Waals surface area contributed by atoms with Crippen molar-refractivity contribution in [1.82, 2.24) is 9.88 Å². The average Bonchev–Trinajstić information content (AvgIpc) is 2.75. The van der Waals surface area contributed by atoms with Crippen molar-refractivity contribution in [2.24, 2.45) is 0 Å². The van der Waals surface area contributed by atoms with Gasteiger partial charge in [-0.05, 0) is 48.9 Å². The smallest absolute Gasteiger partial charge is 0.256 e. The zero-order valence-electron chi connectivity index (χ0n) is 15.4. The molecule has 0 aliphatic carbocycles. The lowest BCUT2D eigenvalue weighted by atomic mass is 10.0. The van der Waals surface area contributed by atoms with E-state index in [1.54, 1.807) is 13.3 Å². The van der Waals surface area contributed by atoms with Crippen LogP contribution in [-0.4, -0.2) is 36.0 Å². The summed E-state index contributed by atoms with van der Waals surface area (Å²) in [5.41, 5.74) is 1.59. The summed E-state index contributed by atoms with van der Waals surface area (Å²) in [6.07, 6.45) is 5.06. The van der Waals surface area contributed by atoms with Crippen LogP contribution >= 0.6 is 0 Å². The number of rotatable bonds is 4. The Morgan fingerprint density at radius 1 is 1.00 bits per heavy atom. The van der Waals surface area contributed by atoms with Crippen LogP contribution in [0.25, 0.3) is 10.8 Å². The van der Waals surface area contributed by atoms with Crippen LogP contribution < -0.4 is 10.1 Å². The average molecular weight is 361 g/mol. The molecule has 0 bridgehead atoms. The fourth-order valence-corrected chi connectivity index (χ4v) is 3.54. The van der Waals surface area contributed by atoms with Gasteiger partial charge in [0.1, 0.15) is 11.6 Å². The van der Waals surface area contributed by atoms with Gasteiger partial charge in [-0.25, -0.2) is 4.98 Å². The molecule has 0 radical (unpaired) electrons. The van der Waals surface area contributed by atoms with E-state index in [1.807, 2.05) is 53.4 Å². The van der Waals surface area contributed by atoms with Gasteiger partial charge in [0.25, 0.3) is 5.91 Å². The standard InChI is InChI=1S/C22H23N3O2/c1-27-17-11-9-16(10-12-17)24-21-19-8-4-3-7-18(19)20(15-23-21)22(26)25-13-5-2-6-14-25/h3-4,7-12,15H,2,5-6,13-14H2,1H3,(H,23,24). The number of aromatic nitrogens is 1. The van der Waals surface area contributed by atoms with Crippen molar-refractivity contribution < 1.29 is 9.53 Å². The van der Waals surface area contributed by atoms with Crippen LogP contribution in [0.1, 0.15) is 29.6 Å². The summed E-state index contributed by atoms with van der Waals surface area (Å²) in [7, 11) is 1.65. The fraction of sp³-hybridized carbons (Fsp3) is 0.273. The number of pyridine rings is 1. The number of ether oxygens (including phenoxy) is 1. The number of carbonyl (C=O) groups excluding carboxylic acids is 1. The molecule has 1 aliphatic rings. The highest BCUT2D eigenvalue weighted by Crippen LogP contribution is 2.28. The maximum absolute atomic E-state index is 13.0. The van der Waals surface area contributed by atoms with E-state index in [9.17, 15) is 4.79 Å². The molecular weight excluding hydrogens is 338 g/mol. The fourth-order valence-electron chi connectivity index (χ4n) is 3.54. The molecule has 5 nitrogen and oxygen atoms in total. The van der Waals surface area contributed by atoms with Gasteiger partial charge in [-0.3, -0.25) is 4.79 Å². The van der Waals surface area contributed by atoms with Gasteiger partial charge in [0.2, 0.25) is 0 Å². The van der Waals surface area contributed by atoms with E-state index in [4.69, 9.17) is 4.74 Å². The zero-order valence-corrected chi connectivity index (χ0v) is 15.4. The first-order chi connectivity index (χ1) is 13.3. The lowest BCUT2D eigenvalue weighted by Crippen LogP contribution is -2.35. The van der Waals surface area contributed by atoms with Crippen molar-refractivity contribution >= 4 is 28.2 Å². The quantitative estimate of drug-likeness (QED) is 0.737. The molecule has 2 aromatic carbocycles. The van der Waals surface area contributed by atoms with E-state index in [-0.39, 0.29) is 5.91 Å². The molecule has 5 heteroatoms. The molecule has 1 aliphatic heterocycles. The lowest BCUT2D eigenvalue weighted by molar-refractivity contribution is 0.0726. The van der Waals surface area contributed by atoms with E-state index in [0.717, 1.165) is 54.0 Å². The summed E-state index contributed by atoms with van der Waals surface area (Å²) in [6, 6.07) is 15.6. The van der Waals surface area contributed by atoms with Gasteiger partial charge >= 0.3 is 0 Å². The number of nitrogens with one attached hydrogen (secondary N) is 1. The first-order valence-electron chi connectivity index (χ1n) is 9.34. The molecule has 27 heavy (non-hydrogen) atoms. The number of anilines is 2. The number of likely N-dealkylation sites (tertiary alicyclic amines) is 1. The highest BCUT2D eigenvalue weighted by molar-refractivity contribution is 6.09. The highest BCUT2D eigenvalue weighted by Gasteiger charge is 2.21. The van der Waals surface area contributed by atoms with E-state index in [1.165, 1.54) is 6.42 Å². The Balaban J connectivity index is 1.68. The molecule has 0 spiro atoms. The molecule has 0 saturated carbocycles. The molecule has 0 atom stereocenters. The first kappa shape index (κ1) is 17.3. The molecule has 0 unspecified atom stereocenters. The van der Waals surface area contributed by atoms with Crippen molar-refractivity contribution in [2.45, 2.75) is 19.3 Å². The van der Waals surface area contributed by atoms with Crippen LogP contribution in [-0.2, 0) is 0 Å². The van der Waals surface area contributed by atoms with Crippen LogP contribution in [0.3, 0.4) is 0 Å². The van der Waals surface area contributed by atoms with Gasteiger partial charge < -0.3 is 15.0 Å². The number of hydrogen-bond acceptors (Lipinski definition) is 4. The van der Waals surface area contributed by atoms with Crippen molar-refractivity contribution in [1.29, 1.82) is 0 Å². The summed E-state index contributed by atoms with van der Waals surface area (Å²) in [6.45, 7) is 1.66. The highest BCUT2D eigenvalue weighted by atomic mass is 16.5. The Morgan fingerprint density at radius 2 is 1.70 bits per heavy atom. The minimum absolute atomic E-state index is 0.0781. The Labute approximate surface area is 159 Å². The SMILES string of the molecule is COc1ccc(Nc2ncc(C(=O)N3CCCCC3)c3ccccc23)cc1. The van der Waals surface area contributed by atoms with Gasteiger partial charge in [0, 0.05) is 30.4 Å². The predicted molar refractivity (Wildman–Crippen MR) is 108 cm³/mol. The second-order valence-electron chi connectivity index (χ2n) is 6.77. The van der Waals surface area contributed by atoms with Crippen LogP contribution in [0.15, 0.2) is 54.7 Å². The largest absolute Gasteiger partial charge is 0.497 e. The minimum atomic E-state index is 0.0781. The summed E-state index contributed by atoms with van der Waals surface area (Å²) in [4.78, 5) is 19.5. The van der Waals surface area contributed by atoms with E-state index in [2.05, 4.69) is 10.3 Å². The molecule has 1 aromatic heterocycles. The third-order valence-electron chi connectivity index (χ3n) is 5.02. The third-order valence-corrected chi connectivity index (χ3v) is 5.02. The first-order valence-corrected chi connectivity index (χ1v) is 9.34. The van der Waals surface area contributed by atoms with Gasteiger partial charge in [-0.1, -0.05) is 24.3 Å². The van der Waals surface area contributed by atoms with Crippen LogP contribution in [0.5, 0.6) is 5.75 Å². The number of benzene rings is 2. The second-order valence-corrected chi connectivity index (χ2v) is 6.77. The maximum Gasteiger partial charge on any atom is 0.256 e. The van der Waals surface area contributed by atoms with Crippen molar-refractivity contribution in [3.8, 4) is 5.75 Å². The summed E-state index contributed by atoms with van der Waals surface area (Å²) >= 11 is 0. The van der Waals surface area contributed by atoms with Crippen molar-refractivity contribution in [3.05, 3.63) is 60.3 Å². The number of amides is 1. The minimum Gasteiger partial charge on any atom is -0.497 e. The van der Waals surface area contributed by atoms with Crippen molar-refractivity contribution in [3.63, 3.8) is 0 Å². The summed E-state index contributed by atoms with van der Waals surface area (Å²) in [5, 5.41) is 5.22. The molecule has 1 amide bonds. The van der Waals surface area contributed by atoms with E-state index in [0.29, 0.717) is 5.56 Å². The molecule has 3 aromatic rings. The van der Waals surface area contributed by atoms with Crippen LogP contribution in [0.4, 0.5) is 11.5 Å². The molecular formula is C22H23N3O2. The van der Waals surface area contributed by atoms with Crippen LogP contribution in [0.2, 0.25) is 0 Å². The van der Waals surface area contributed by atoms with Gasteiger partial charge in [0.15, 0.2) is 0 Å². The number of piperidine rings is 1. The van der Waals surface area contributed by atoms with Gasteiger partial charge in [-0.15, -0.1) is 0 Å². The van der Waals surface area contributed by atoms with E-state index >= 15 is 0 Å². The van der Waals surface area contributed by atoms with Crippen LogP contribution in [0, 0.1) is 0 Å². The zero-order chi connectivity index (χ0) is 18.6. The lowest BCUT2D eigenvalue weighted by Gasteiger charge is -2.27. The maximum atomic E-state index is 13.0. The van der Waals surface area contributed by atoms with E-state index < -0.39 is 0 Å². The normalized spacial score (nSPS) is 14.2. The molecule has 1 saturated heterocycles. The Morgan fingerprint density at radius 3 is 2.41 bits per heavy atom. The van der Waals surface area contributed by atoms with Gasteiger partial charge in [0.05, 0.1) is 12.7 Å². The van der Waals surface area contributed by atoms with Crippen molar-refractivity contribution in [2.75, 3.05) is 25.5 Å². The molecule has 1 fully saturated rings. The Bertz CT molecular complexity index is 947. The van der Waals surface area contributed by atoms with Gasteiger partial charge in [-0.2, -0.15) is 0 Å². The summed E-state index contributed by atoms with van der Waals surface area (Å²) in [5.74, 6) is 1.63. The number of hydrogen-bond donors (Lipinski definition) is 1. The summed E-state index contributed by atoms with van der Waals surface area (Å²) < 4.78 is 5.20. The number of nitrogens with zero attached hydrogens (tertiary/aromatic N) is 2. The number of methoxy groups -OCH3 is 1. The predicted octanol–water partition coefficient (Wildman–Crippen LogP) is 4.61. The molecule has 138 valence electrons. The molecule has 4 rings (SSSR count). The Kier molecular flexibility index (Phi) is 4.92. The third kappa shape index (κ3) is 3.58. The topological polar surface area (TPSA) is 54.5 Å². The molecule has 1 N–H and O–H groups in total. The molecule has 2 heterocycles. The second kappa shape index (κ2) is 7.66.